The Balaban J connectivity index is 0.000000167. The van der Waals surface area contributed by atoms with Crippen molar-refractivity contribution >= 4 is 23.1 Å². The summed E-state index contributed by atoms with van der Waals surface area (Å²) >= 11 is 0. The Bertz CT molecular complexity index is 1650. The maximum atomic E-state index is 15.1. The van der Waals surface area contributed by atoms with E-state index >= 15 is 8.78 Å². The topological polar surface area (TPSA) is 190 Å². The van der Waals surface area contributed by atoms with Crippen LogP contribution >= 0.6 is 0 Å². The Labute approximate surface area is 314 Å². The predicted molar refractivity (Wildman–Crippen MR) is 191 cm³/mol. The molecule has 0 amide bonds. The van der Waals surface area contributed by atoms with Gasteiger partial charge in [0.05, 0.1) is 12.2 Å². The van der Waals surface area contributed by atoms with Gasteiger partial charge in [-0.1, -0.05) is 39.8 Å². The molecule has 8 rings (SSSR count). The Hall–Kier alpha value is -2.74. The number of Topliss-reactive ketones (excluding diaryl/α,β-unsaturated/α-hetero) is 2. The summed E-state index contributed by atoms with van der Waals surface area (Å²) in [5.41, 5.74) is -5.84. The molecular weight excluding hydrogens is 702 g/mol. The average molecular weight is 757 g/mol. The SMILES string of the molecule is C[C@]12C=CC(=O)C=C1[C@@H](F)C[C@@H]1[C@@H]2[C@@H](O)C[C@@]2(C)[C@H]1CC[C@]2(O)C(=O)CO.C[C@]12C=CC(=O)C=C1[C@@H](F)C[C@@H]1[C@@H]2[C@@H](O)C[C@@]2(C)[C@H]1CC[C@]2(O)C(=O)CO. The van der Waals surface area contributed by atoms with Crippen molar-refractivity contribution in [3.63, 3.8) is 0 Å². The van der Waals surface area contributed by atoms with Gasteiger partial charge in [0.15, 0.2) is 23.1 Å². The van der Waals surface area contributed by atoms with Crippen molar-refractivity contribution in [1.82, 2.24) is 0 Å². The molecule has 0 bridgehead atoms. The first-order valence-electron chi connectivity index (χ1n) is 19.4. The molecule has 0 aliphatic heterocycles. The fourth-order valence-electron chi connectivity index (χ4n) is 13.9. The molecule has 16 atom stereocenters. The molecule has 54 heavy (non-hydrogen) atoms. The van der Waals surface area contributed by atoms with Gasteiger partial charge in [-0.05, 0) is 110 Å². The number of ketones is 4. The van der Waals surface area contributed by atoms with Crippen LogP contribution in [0.3, 0.4) is 0 Å². The van der Waals surface area contributed by atoms with E-state index in [4.69, 9.17) is 0 Å². The molecular formula is C42H54F2O10. The lowest BCUT2D eigenvalue weighted by molar-refractivity contribution is -0.181. The van der Waals surface area contributed by atoms with Gasteiger partial charge in [-0.15, -0.1) is 0 Å². The zero-order chi connectivity index (χ0) is 39.6. The van der Waals surface area contributed by atoms with Crippen LogP contribution in [0.5, 0.6) is 0 Å². The van der Waals surface area contributed by atoms with Crippen molar-refractivity contribution in [1.29, 1.82) is 0 Å². The maximum absolute atomic E-state index is 15.1. The van der Waals surface area contributed by atoms with E-state index in [1.165, 1.54) is 24.3 Å². The summed E-state index contributed by atoms with van der Waals surface area (Å²) in [4.78, 5) is 48.3. The van der Waals surface area contributed by atoms with Crippen LogP contribution in [-0.2, 0) is 19.2 Å². The molecule has 6 saturated carbocycles. The van der Waals surface area contributed by atoms with Gasteiger partial charge in [-0.3, -0.25) is 19.2 Å². The smallest absolute Gasteiger partial charge is 0.190 e. The van der Waals surface area contributed by atoms with Crippen molar-refractivity contribution in [3.8, 4) is 0 Å². The van der Waals surface area contributed by atoms with Crippen LogP contribution in [0.1, 0.15) is 79.1 Å². The number of aliphatic hydroxyl groups is 6. The number of carbonyl (C=O) groups is 4. The van der Waals surface area contributed by atoms with E-state index in [-0.39, 0.29) is 85.6 Å². The summed E-state index contributed by atoms with van der Waals surface area (Å²) in [7, 11) is 0. The van der Waals surface area contributed by atoms with Crippen LogP contribution in [0.4, 0.5) is 8.78 Å². The lowest BCUT2D eigenvalue weighted by Gasteiger charge is -2.60. The number of fused-ring (bicyclic) bond motifs is 10. The zero-order valence-electron chi connectivity index (χ0n) is 31.4. The Morgan fingerprint density at radius 3 is 1.37 bits per heavy atom. The van der Waals surface area contributed by atoms with E-state index in [0.29, 0.717) is 24.0 Å². The Kier molecular flexibility index (Phi) is 9.43. The highest BCUT2D eigenvalue weighted by atomic mass is 19.1. The molecule has 0 radical (unpaired) electrons. The lowest BCUT2D eigenvalue weighted by Crippen LogP contribution is -2.62. The third kappa shape index (κ3) is 5.15. The number of aliphatic hydroxyl groups excluding tert-OH is 4. The quantitative estimate of drug-likeness (QED) is 0.249. The second-order valence-electron chi connectivity index (χ2n) is 18.6. The highest BCUT2D eigenvalue weighted by molar-refractivity contribution is 6.02. The molecule has 10 nitrogen and oxygen atoms in total. The van der Waals surface area contributed by atoms with E-state index in [1.54, 1.807) is 26.0 Å². The van der Waals surface area contributed by atoms with Gasteiger partial charge in [0.2, 0.25) is 0 Å². The molecule has 0 aromatic heterocycles. The van der Waals surface area contributed by atoms with Gasteiger partial charge in [-0.25, -0.2) is 8.78 Å². The van der Waals surface area contributed by atoms with Gasteiger partial charge in [-0.2, -0.15) is 0 Å². The molecule has 0 aromatic carbocycles. The lowest BCUT2D eigenvalue weighted by atomic mass is 9.46. The Morgan fingerprint density at radius 1 is 0.685 bits per heavy atom. The summed E-state index contributed by atoms with van der Waals surface area (Å²) in [6, 6.07) is 0. The molecule has 8 aliphatic rings. The number of rotatable bonds is 4. The van der Waals surface area contributed by atoms with Gasteiger partial charge >= 0.3 is 0 Å². The van der Waals surface area contributed by atoms with Crippen molar-refractivity contribution in [2.75, 3.05) is 13.2 Å². The number of halogens is 2. The second-order valence-corrected chi connectivity index (χ2v) is 18.6. The molecule has 6 fully saturated rings. The fraction of sp³-hybridized carbons (Fsp3) is 0.714. The summed E-state index contributed by atoms with van der Waals surface area (Å²) in [5, 5.41) is 63.2. The first kappa shape index (κ1) is 39.5. The summed E-state index contributed by atoms with van der Waals surface area (Å²) in [6.07, 6.45) is 7.10. The normalized spacial score (nSPS) is 51.3. The molecule has 8 aliphatic carbocycles. The molecule has 0 heterocycles. The van der Waals surface area contributed by atoms with Crippen LogP contribution in [-0.4, -0.2) is 103 Å². The number of allylic oxidation sites excluding steroid dienone is 8. The van der Waals surface area contributed by atoms with Crippen molar-refractivity contribution < 1.29 is 58.6 Å². The molecule has 6 N–H and O–H groups in total. The molecule has 0 aromatic rings. The second kappa shape index (κ2) is 12.9. The molecule has 296 valence electrons. The van der Waals surface area contributed by atoms with Crippen molar-refractivity contribution in [3.05, 3.63) is 47.6 Å². The number of hydrogen-bond donors (Lipinski definition) is 6. The molecule has 0 saturated heterocycles. The van der Waals surface area contributed by atoms with Crippen LogP contribution in [0.25, 0.3) is 0 Å². The number of hydrogen-bond acceptors (Lipinski definition) is 10. The first-order chi connectivity index (χ1) is 25.2. The van der Waals surface area contributed by atoms with Crippen LogP contribution in [0.2, 0.25) is 0 Å². The van der Waals surface area contributed by atoms with E-state index in [1.807, 2.05) is 13.8 Å². The number of carbonyl (C=O) groups excluding carboxylic acids is 4. The molecule has 0 spiro atoms. The Morgan fingerprint density at radius 2 is 1.04 bits per heavy atom. The van der Waals surface area contributed by atoms with Crippen LogP contribution < -0.4 is 0 Å². The van der Waals surface area contributed by atoms with Crippen LogP contribution in [0, 0.1) is 57.2 Å². The van der Waals surface area contributed by atoms with E-state index in [0.717, 1.165) is 0 Å². The number of alkyl halides is 2. The largest absolute Gasteiger partial charge is 0.393 e. The minimum Gasteiger partial charge on any atom is -0.393 e. The molecule has 0 unspecified atom stereocenters. The standard InChI is InChI=1S/2C21H27FO5/c2*1-19-5-3-11(24)7-14(19)15(22)8-12-13-4-6-21(27,17(26)10-23)20(13,2)9-16(25)18(12)19/h2*3,5,7,12-13,15-16,18,23,25,27H,4,6,8-10H2,1-2H3/t2*12-,13-,15-,16-,18+,19-,20-,21-/m00/s1. The highest BCUT2D eigenvalue weighted by Gasteiger charge is 2.70. The summed E-state index contributed by atoms with van der Waals surface area (Å²) < 4.78 is 30.3. The predicted octanol–water partition coefficient (Wildman–Crippen LogP) is 3.01. The van der Waals surface area contributed by atoms with Gasteiger partial charge in [0, 0.05) is 33.5 Å². The van der Waals surface area contributed by atoms with Gasteiger partial charge < -0.3 is 30.6 Å². The van der Waals surface area contributed by atoms with Crippen molar-refractivity contribution in [2.45, 2.75) is 115 Å². The first-order valence-corrected chi connectivity index (χ1v) is 19.4. The summed E-state index contributed by atoms with van der Waals surface area (Å²) in [6.45, 7) is 5.83. The van der Waals surface area contributed by atoms with E-state index in [2.05, 4.69) is 0 Å². The average Bonchev–Trinajstić information content (AvgIpc) is 3.54. The minimum absolute atomic E-state index is 0.131. The highest BCUT2D eigenvalue weighted by Crippen LogP contribution is 2.69. The van der Waals surface area contributed by atoms with E-state index in [9.17, 15) is 49.8 Å². The molecule has 12 heteroatoms. The third-order valence-electron chi connectivity index (χ3n) is 16.5. The van der Waals surface area contributed by atoms with Crippen LogP contribution in [0.15, 0.2) is 47.6 Å². The van der Waals surface area contributed by atoms with Gasteiger partial charge in [0.1, 0.15) is 36.8 Å². The zero-order valence-corrected chi connectivity index (χ0v) is 31.4. The summed E-state index contributed by atoms with van der Waals surface area (Å²) in [5.74, 6) is -2.95. The third-order valence-corrected chi connectivity index (χ3v) is 16.5. The monoisotopic (exact) mass is 756 g/mol. The van der Waals surface area contributed by atoms with Gasteiger partial charge in [0.25, 0.3) is 0 Å². The minimum atomic E-state index is -1.69. The van der Waals surface area contributed by atoms with E-state index < -0.39 is 82.2 Å². The van der Waals surface area contributed by atoms with Crippen molar-refractivity contribution in [2.24, 2.45) is 57.2 Å². The fourth-order valence-corrected chi connectivity index (χ4v) is 13.9. The maximum Gasteiger partial charge on any atom is 0.190 e.